The number of anilines is 1. The molecule has 1 N–H and O–H groups in total. The van der Waals surface area contributed by atoms with E-state index in [2.05, 4.69) is 15.5 Å². The number of benzene rings is 2. The molecule has 3 rings (SSSR count). The Balaban J connectivity index is 1.68. The van der Waals surface area contributed by atoms with E-state index < -0.39 is 0 Å². The first kappa shape index (κ1) is 17.2. The van der Waals surface area contributed by atoms with Crippen molar-refractivity contribution in [3.63, 3.8) is 0 Å². The fraction of sp³-hybridized carbons (Fsp3) is 0.211. The molecule has 0 bridgehead atoms. The van der Waals surface area contributed by atoms with Gasteiger partial charge in [0.2, 0.25) is 11.8 Å². The quantitative estimate of drug-likeness (QED) is 0.694. The molecule has 1 aromatic heterocycles. The molecule has 128 valence electrons. The number of nitrogens with zero attached hydrogens (tertiary/aromatic N) is 2. The highest BCUT2D eigenvalue weighted by Crippen LogP contribution is 2.23. The van der Waals surface area contributed by atoms with Gasteiger partial charge in [-0.25, -0.2) is 0 Å². The molecule has 0 aliphatic rings. The van der Waals surface area contributed by atoms with Crippen LogP contribution in [0.3, 0.4) is 0 Å². The molecule has 0 aliphatic carbocycles. The SMILES string of the molecule is CSc1ccc(-c2nnc(NC(=O)Cc3cc(C)ccc3C)o2)cc1. The molecule has 0 radical (unpaired) electrons. The van der Waals surface area contributed by atoms with E-state index in [-0.39, 0.29) is 18.3 Å². The summed E-state index contributed by atoms with van der Waals surface area (Å²) in [6.45, 7) is 4.00. The molecule has 25 heavy (non-hydrogen) atoms. The van der Waals surface area contributed by atoms with Crippen molar-refractivity contribution in [2.45, 2.75) is 25.2 Å². The highest BCUT2D eigenvalue weighted by molar-refractivity contribution is 7.98. The summed E-state index contributed by atoms with van der Waals surface area (Å²) in [4.78, 5) is 13.4. The van der Waals surface area contributed by atoms with Crippen LogP contribution in [0.15, 0.2) is 51.8 Å². The number of aryl methyl sites for hydroxylation is 2. The van der Waals surface area contributed by atoms with Crippen LogP contribution >= 0.6 is 11.8 Å². The minimum atomic E-state index is -0.179. The summed E-state index contributed by atoms with van der Waals surface area (Å²) >= 11 is 1.67. The van der Waals surface area contributed by atoms with Gasteiger partial charge in [0.15, 0.2) is 0 Å². The maximum absolute atomic E-state index is 12.2. The number of rotatable bonds is 5. The molecule has 0 fully saturated rings. The van der Waals surface area contributed by atoms with E-state index >= 15 is 0 Å². The summed E-state index contributed by atoms with van der Waals surface area (Å²) in [5.74, 6) is 0.205. The molecule has 2 aromatic carbocycles. The van der Waals surface area contributed by atoms with Crippen molar-refractivity contribution in [1.29, 1.82) is 0 Å². The Kier molecular flexibility index (Phi) is 5.19. The Morgan fingerprint density at radius 3 is 2.60 bits per heavy atom. The molecular formula is C19H19N3O2S. The number of carbonyl (C=O) groups is 1. The molecule has 0 unspecified atom stereocenters. The number of hydrogen-bond donors (Lipinski definition) is 1. The van der Waals surface area contributed by atoms with E-state index in [0.717, 1.165) is 27.1 Å². The lowest BCUT2D eigenvalue weighted by atomic mass is 10.0. The lowest BCUT2D eigenvalue weighted by molar-refractivity contribution is -0.115. The molecule has 1 amide bonds. The zero-order valence-corrected chi connectivity index (χ0v) is 15.2. The van der Waals surface area contributed by atoms with E-state index in [1.54, 1.807) is 11.8 Å². The van der Waals surface area contributed by atoms with Gasteiger partial charge in [0.05, 0.1) is 6.42 Å². The Morgan fingerprint density at radius 2 is 1.88 bits per heavy atom. The number of carbonyl (C=O) groups excluding carboxylic acids is 1. The molecule has 0 spiro atoms. The molecule has 0 saturated carbocycles. The van der Waals surface area contributed by atoms with Crippen LogP contribution in [0.2, 0.25) is 0 Å². The van der Waals surface area contributed by atoms with Crippen molar-refractivity contribution in [1.82, 2.24) is 10.2 Å². The van der Waals surface area contributed by atoms with Crippen LogP contribution in [0.25, 0.3) is 11.5 Å². The van der Waals surface area contributed by atoms with Crippen LogP contribution in [0.5, 0.6) is 0 Å². The predicted molar refractivity (Wildman–Crippen MR) is 99.8 cm³/mol. The third-order valence-electron chi connectivity index (χ3n) is 3.86. The van der Waals surface area contributed by atoms with E-state index in [9.17, 15) is 4.79 Å². The van der Waals surface area contributed by atoms with Crippen LogP contribution in [0.1, 0.15) is 16.7 Å². The van der Waals surface area contributed by atoms with Crippen molar-refractivity contribution in [3.05, 3.63) is 59.2 Å². The van der Waals surface area contributed by atoms with Gasteiger partial charge in [0, 0.05) is 10.5 Å². The fourth-order valence-corrected chi connectivity index (χ4v) is 2.86. The highest BCUT2D eigenvalue weighted by atomic mass is 32.2. The van der Waals surface area contributed by atoms with Crippen LogP contribution in [0.4, 0.5) is 6.01 Å². The molecule has 3 aromatic rings. The molecule has 5 nitrogen and oxygen atoms in total. The van der Waals surface area contributed by atoms with E-state index in [1.807, 2.05) is 62.6 Å². The summed E-state index contributed by atoms with van der Waals surface area (Å²) in [5.41, 5.74) is 4.02. The zero-order chi connectivity index (χ0) is 17.8. The predicted octanol–water partition coefficient (Wildman–Crippen LogP) is 4.26. The number of aromatic nitrogens is 2. The Labute approximate surface area is 150 Å². The molecule has 1 heterocycles. The van der Waals surface area contributed by atoms with E-state index in [1.165, 1.54) is 0 Å². The maximum Gasteiger partial charge on any atom is 0.322 e. The number of thioether (sulfide) groups is 1. The third kappa shape index (κ3) is 4.28. The second kappa shape index (κ2) is 7.53. The van der Waals surface area contributed by atoms with Crippen LogP contribution in [-0.4, -0.2) is 22.4 Å². The summed E-state index contributed by atoms with van der Waals surface area (Å²) in [6, 6.07) is 14.0. The molecule has 0 saturated heterocycles. The van der Waals surface area contributed by atoms with Gasteiger partial charge in [0.1, 0.15) is 0 Å². The average molecular weight is 353 g/mol. The zero-order valence-electron chi connectivity index (χ0n) is 14.4. The molecule has 6 heteroatoms. The van der Waals surface area contributed by atoms with Gasteiger partial charge in [0.25, 0.3) is 0 Å². The van der Waals surface area contributed by atoms with Gasteiger partial charge in [-0.05, 0) is 55.5 Å². The average Bonchev–Trinajstić information content (AvgIpc) is 3.06. The lowest BCUT2D eigenvalue weighted by Crippen LogP contribution is -2.15. The van der Waals surface area contributed by atoms with E-state index in [4.69, 9.17) is 4.42 Å². The first-order chi connectivity index (χ1) is 12.0. The minimum absolute atomic E-state index is 0.110. The van der Waals surface area contributed by atoms with E-state index in [0.29, 0.717) is 5.89 Å². The second-order valence-electron chi connectivity index (χ2n) is 5.80. The normalized spacial score (nSPS) is 10.7. The van der Waals surface area contributed by atoms with Gasteiger partial charge < -0.3 is 4.42 Å². The molecule has 0 atom stereocenters. The second-order valence-corrected chi connectivity index (χ2v) is 6.68. The molecular weight excluding hydrogens is 334 g/mol. The van der Waals surface area contributed by atoms with Gasteiger partial charge >= 0.3 is 6.01 Å². The first-order valence-corrected chi connectivity index (χ1v) is 9.11. The number of hydrogen-bond acceptors (Lipinski definition) is 5. The van der Waals surface area contributed by atoms with Crippen molar-refractivity contribution < 1.29 is 9.21 Å². The van der Waals surface area contributed by atoms with Crippen LogP contribution < -0.4 is 5.32 Å². The Morgan fingerprint density at radius 1 is 1.12 bits per heavy atom. The first-order valence-electron chi connectivity index (χ1n) is 7.89. The van der Waals surface area contributed by atoms with Crippen molar-refractivity contribution >= 4 is 23.7 Å². The van der Waals surface area contributed by atoms with Gasteiger partial charge in [-0.15, -0.1) is 16.9 Å². The molecule has 0 aliphatic heterocycles. The smallest absolute Gasteiger partial charge is 0.322 e. The van der Waals surface area contributed by atoms with Gasteiger partial charge in [-0.2, -0.15) is 0 Å². The summed E-state index contributed by atoms with van der Waals surface area (Å²) in [6.07, 6.45) is 2.29. The Bertz CT molecular complexity index is 888. The summed E-state index contributed by atoms with van der Waals surface area (Å²) in [7, 11) is 0. The fourth-order valence-electron chi connectivity index (χ4n) is 2.45. The van der Waals surface area contributed by atoms with Crippen LogP contribution in [0, 0.1) is 13.8 Å². The largest absolute Gasteiger partial charge is 0.403 e. The third-order valence-corrected chi connectivity index (χ3v) is 4.61. The number of amides is 1. The van der Waals surface area contributed by atoms with Crippen molar-refractivity contribution in [3.8, 4) is 11.5 Å². The van der Waals surface area contributed by atoms with Crippen LogP contribution in [-0.2, 0) is 11.2 Å². The van der Waals surface area contributed by atoms with Gasteiger partial charge in [-0.1, -0.05) is 28.9 Å². The standard InChI is InChI=1S/C19H19N3O2S/c1-12-4-5-13(2)15(10-12)11-17(23)20-19-22-21-18(24-19)14-6-8-16(25-3)9-7-14/h4-10H,11H2,1-3H3,(H,20,22,23). The van der Waals surface area contributed by atoms with Gasteiger partial charge in [-0.3, -0.25) is 10.1 Å². The van der Waals surface area contributed by atoms with Crippen molar-refractivity contribution in [2.24, 2.45) is 0 Å². The monoisotopic (exact) mass is 353 g/mol. The highest BCUT2D eigenvalue weighted by Gasteiger charge is 2.13. The summed E-state index contributed by atoms with van der Waals surface area (Å²) < 4.78 is 5.54. The number of nitrogens with one attached hydrogen (secondary N) is 1. The Hall–Kier alpha value is -2.60. The topological polar surface area (TPSA) is 68.0 Å². The minimum Gasteiger partial charge on any atom is -0.403 e. The maximum atomic E-state index is 12.2. The van der Waals surface area contributed by atoms with Crippen molar-refractivity contribution in [2.75, 3.05) is 11.6 Å². The lowest BCUT2D eigenvalue weighted by Gasteiger charge is -2.06. The summed E-state index contributed by atoms with van der Waals surface area (Å²) in [5, 5.41) is 10.6.